The summed E-state index contributed by atoms with van der Waals surface area (Å²) in [4.78, 5) is 25.6. The number of amides is 1. The summed E-state index contributed by atoms with van der Waals surface area (Å²) in [6.07, 6.45) is 4.69. The van der Waals surface area contributed by atoms with Crippen LogP contribution in [-0.2, 0) is 6.54 Å². The van der Waals surface area contributed by atoms with E-state index in [4.69, 9.17) is 0 Å². The van der Waals surface area contributed by atoms with Crippen molar-refractivity contribution >= 4 is 33.5 Å². The molecule has 0 aliphatic carbocycles. The number of thiophene rings is 1. The van der Waals surface area contributed by atoms with Crippen molar-refractivity contribution < 1.29 is 4.79 Å². The summed E-state index contributed by atoms with van der Waals surface area (Å²) in [5.74, 6) is 0.409. The molecule has 1 saturated heterocycles. The molecule has 0 radical (unpaired) electrons. The number of carbonyl (C=O) groups excluding carboxylic acids is 1. The minimum absolute atomic E-state index is 0.101. The first kappa shape index (κ1) is 18.5. The minimum atomic E-state index is 0.101. The zero-order valence-electron chi connectivity index (χ0n) is 17.0. The highest BCUT2D eigenvalue weighted by molar-refractivity contribution is 7.22. The van der Waals surface area contributed by atoms with Crippen molar-refractivity contribution in [2.24, 2.45) is 4.99 Å². The normalized spacial score (nSPS) is 17.4. The fourth-order valence-corrected chi connectivity index (χ4v) is 5.77. The molecule has 2 aromatic heterocycles. The molecule has 2 aliphatic rings. The Balaban J connectivity index is 1.35. The first-order chi connectivity index (χ1) is 15.3. The van der Waals surface area contributed by atoms with Gasteiger partial charge in [0.15, 0.2) is 0 Å². The van der Waals surface area contributed by atoms with Gasteiger partial charge in [0.2, 0.25) is 0 Å². The Morgan fingerprint density at radius 3 is 2.84 bits per heavy atom. The van der Waals surface area contributed by atoms with E-state index in [9.17, 15) is 4.79 Å². The van der Waals surface area contributed by atoms with E-state index in [1.807, 2.05) is 35.5 Å². The van der Waals surface area contributed by atoms with Gasteiger partial charge >= 0.3 is 0 Å². The van der Waals surface area contributed by atoms with Crippen LogP contribution in [0.5, 0.6) is 0 Å². The van der Waals surface area contributed by atoms with Crippen LogP contribution in [0.1, 0.15) is 39.5 Å². The fourth-order valence-electron chi connectivity index (χ4n) is 4.67. The zero-order valence-corrected chi connectivity index (χ0v) is 17.8. The van der Waals surface area contributed by atoms with E-state index in [2.05, 4.69) is 52.4 Å². The molecule has 1 amide bonds. The number of nitrogens with zero attached hydrogens (tertiary/aromatic N) is 3. The van der Waals surface area contributed by atoms with Crippen LogP contribution >= 0.6 is 11.3 Å². The fraction of sp³-hybridized carbons (Fsp3) is 0.192. The highest BCUT2D eigenvalue weighted by atomic mass is 32.1. The minimum Gasteiger partial charge on any atom is -0.338 e. The first-order valence-corrected chi connectivity index (χ1v) is 11.4. The molecule has 6 rings (SSSR count). The molecule has 1 fully saturated rings. The van der Waals surface area contributed by atoms with Crippen molar-refractivity contribution in [1.29, 1.82) is 0 Å². The van der Waals surface area contributed by atoms with Gasteiger partial charge in [0.1, 0.15) is 0 Å². The van der Waals surface area contributed by atoms with E-state index in [0.29, 0.717) is 12.5 Å². The third kappa shape index (κ3) is 3.26. The molecule has 152 valence electrons. The topological polar surface area (TPSA) is 45.6 Å². The number of fused-ring (bicyclic) bond motifs is 2. The lowest BCUT2D eigenvalue weighted by atomic mass is 9.97. The van der Waals surface area contributed by atoms with Crippen LogP contribution in [0.25, 0.3) is 20.5 Å². The predicted octanol–water partition coefficient (Wildman–Crippen LogP) is 5.53. The Morgan fingerprint density at radius 2 is 1.97 bits per heavy atom. The van der Waals surface area contributed by atoms with Gasteiger partial charge < -0.3 is 4.90 Å². The van der Waals surface area contributed by atoms with Crippen LogP contribution in [0.15, 0.2) is 71.9 Å². The van der Waals surface area contributed by atoms with Gasteiger partial charge in [0.05, 0.1) is 6.54 Å². The Kier molecular flexibility index (Phi) is 4.42. The lowest BCUT2D eigenvalue weighted by molar-refractivity contribution is 0.0790. The monoisotopic (exact) mass is 423 g/mol. The molecular formula is C26H21N3OS. The number of pyridine rings is 1. The van der Waals surface area contributed by atoms with Gasteiger partial charge in [-0.05, 0) is 64.9 Å². The summed E-state index contributed by atoms with van der Waals surface area (Å²) in [6.45, 7) is 2.17. The van der Waals surface area contributed by atoms with Gasteiger partial charge in [0.25, 0.3) is 5.91 Å². The summed E-state index contributed by atoms with van der Waals surface area (Å²) in [5.41, 5.74) is 5.25. The molecule has 2 aliphatic heterocycles. The molecule has 2 aromatic carbocycles. The van der Waals surface area contributed by atoms with Crippen LogP contribution in [0.4, 0.5) is 0 Å². The van der Waals surface area contributed by atoms with Gasteiger partial charge in [0, 0.05) is 52.3 Å². The third-order valence-corrected chi connectivity index (χ3v) is 7.43. The quantitative estimate of drug-likeness (QED) is 0.435. The lowest BCUT2D eigenvalue weighted by Gasteiger charge is -2.18. The number of benzene rings is 2. The molecule has 5 heteroatoms. The van der Waals surface area contributed by atoms with Gasteiger partial charge in [-0.15, -0.1) is 11.3 Å². The van der Waals surface area contributed by atoms with E-state index >= 15 is 0 Å². The molecule has 0 spiro atoms. The maximum absolute atomic E-state index is 13.4. The van der Waals surface area contributed by atoms with Gasteiger partial charge in [-0.3, -0.25) is 14.8 Å². The molecule has 4 nitrogen and oxygen atoms in total. The average molecular weight is 424 g/mol. The average Bonchev–Trinajstić information content (AvgIpc) is 3.57. The summed E-state index contributed by atoms with van der Waals surface area (Å²) in [7, 11) is 0. The third-order valence-electron chi connectivity index (χ3n) is 6.28. The Labute approximate surface area is 184 Å². The van der Waals surface area contributed by atoms with E-state index in [-0.39, 0.29) is 5.91 Å². The molecule has 4 heterocycles. The zero-order chi connectivity index (χ0) is 20.8. The van der Waals surface area contributed by atoms with Crippen molar-refractivity contribution in [3.8, 4) is 10.4 Å². The number of rotatable bonds is 3. The smallest absolute Gasteiger partial charge is 0.253 e. The van der Waals surface area contributed by atoms with Crippen molar-refractivity contribution in [3.05, 3.63) is 89.2 Å². The second-order valence-electron chi connectivity index (χ2n) is 8.20. The van der Waals surface area contributed by atoms with Crippen molar-refractivity contribution in [2.75, 3.05) is 13.1 Å². The molecular weight excluding hydrogens is 402 g/mol. The number of aliphatic imine (C=N–C) groups is 1. The molecule has 1 unspecified atom stereocenters. The summed E-state index contributed by atoms with van der Waals surface area (Å²) in [5, 5.41) is 1.24. The molecule has 4 aromatic rings. The van der Waals surface area contributed by atoms with Crippen molar-refractivity contribution in [1.82, 2.24) is 9.88 Å². The number of carbonyl (C=O) groups is 1. The second kappa shape index (κ2) is 7.43. The Hall–Kier alpha value is -3.31. The Bertz CT molecular complexity index is 1290. The van der Waals surface area contributed by atoms with Crippen LogP contribution in [-0.4, -0.2) is 35.1 Å². The number of hydrogen-bond donors (Lipinski definition) is 0. The second-order valence-corrected chi connectivity index (χ2v) is 9.28. The molecule has 0 bridgehead atoms. The Morgan fingerprint density at radius 1 is 1.06 bits per heavy atom. The van der Waals surface area contributed by atoms with Crippen LogP contribution in [0.3, 0.4) is 0 Å². The molecule has 0 saturated carbocycles. The highest BCUT2D eigenvalue weighted by Crippen LogP contribution is 2.38. The van der Waals surface area contributed by atoms with E-state index < -0.39 is 0 Å². The van der Waals surface area contributed by atoms with E-state index in [1.54, 1.807) is 11.3 Å². The van der Waals surface area contributed by atoms with Crippen molar-refractivity contribution in [3.63, 3.8) is 0 Å². The maximum atomic E-state index is 13.4. The predicted molar refractivity (Wildman–Crippen MR) is 126 cm³/mol. The summed E-state index contributed by atoms with van der Waals surface area (Å²) in [6, 6.07) is 20.8. The van der Waals surface area contributed by atoms with E-state index in [1.165, 1.54) is 20.5 Å². The molecule has 1 atom stereocenters. The lowest BCUT2D eigenvalue weighted by Crippen LogP contribution is -2.28. The van der Waals surface area contributed by atoms with Crippen LogP contribution in [0, 0.1) is 0 Å². The summed E-state index contributed by atoms with van der Waals surface area (Å²) < 4.78 is 1.26. The number of likely N-dealkylation sites (tertiary alicyclic amines) is 1. The maximum Gasteiger partial charge on any atom is 0.253 e. The SMILES string of the molecule is O=C(c1cc2c(c(-c3cc4ccccc4s3)c1)CN=C2)N1CCC(c2ccccn2)C1. The number of aromatic nitrogens is 1. The van der Waals surface area contributed by atoms with Gasteiger partial charge in [-0.1, -0.05) is 24.3 Å². The largest absolute Gasteiger partial charge is 0.338 e. The summed E-state index contributed by atoms with van der Waals surface area (Å²) >= 11 is 1.78. The van der Waals surface area contributed by atoms with Crippen LogP contribution in [0.2, 0.25) is 0 Å². The standard InChI is InChI=1S/C26H21N3OS/c30-26(29-10-8-18(16-29)23-6-3-4-9-28-23)19-11-20-14-27-15-22(20)21(12-19)25-13-17-5-1-2-7-24(17)31-25/h1-7,9,11-14,18H,8,10,15-16H2. The van der Waals surface area contributed by atoms with Gasteiger partial charge in [-0.2, -0.15) is 0 Å². The van der Waals surface area contributed by atoms with E-state index in [0.717, 1.165) is 41.9 Å². The molecule has 31 heavy (non-hydrogen) atoms. The number of hydrogen-bond acceptors (Lipinski definition) is 4. The van der Waals surface area contributed by atoms with Gasteiger partial charge in [-0.25, -0.2) is 0 Å². The van der Waals surface area contributed by atoms with Crippen molar-refractivity contribution in [2.45, 2.75) is 18.9 Å². The first-order valence-electron chi connectivity index (χ1n) is 10.6. The van der Waals surface area contributed by atoms with Crippen LogP contribution < -0.4 is 0 Å². The highest BCUT2D eigenvalue weighted by Gasteiger charge is 2.29. The molecule has 0 N–H and O–H groups in total.